The van der Waals surface area contributed by atoms with Crippen LogP contribution in [0.15, 0.2) is 52.1 Å². The number of nitrogens with zero attached hydrogens (tertiary/aromatic N) is 4. The molecule has 158 valence electrons. The maximum atomic E-state index is 12.6. The van der Waals surface area contributed by atoms with Crippen molar-refractivity contribution in [1.29, 1.82) is 0 Å². The summed E-state index contributed by atoms with van der Waals surface area (Å²) in [7, 11) is -1.20. The molecule has 0 aliphatic heterocycles. The summed E-state index contributed by atoms with van der Waals surface area (Å²) >= 11 is 3.26. The maximum Gasteiger partial charge on any atom is 0.321 e. The van der Waals surface area contributed by atoms with Gasteiger partial charge in [-0.2, -0.15) is 15.1 Å². The molecule has 0 radical (unpaired) electrons. The molecule has 3 rings (SSSR count). The van der Waals surface area contributed by atoms with Crippen molar-refractivity contribution in [2.75, 3.05) is 24.3 Å². The van der Waals surface area contributed by atoms with Crippen LogP contribution in [0.4, 0.5) is 11.5 Å². The Morgan fingerprint density at radius 2 is 1.90 bits per heavy atom. The predicted molar refractivity (Wildman–Crippen MR) is 111 cm³/mol. The molecule has 2 aromatic heterocycles. The number of halogens is 1. The Hall–Kier alpha value is -3.19. The van der Waals surface area contributed by atoms with Crippen LogP contribution in [0.2, 0.25) is 0 Å². The fraction of sp³-hybridized carbons (Fsp3) is 0.176. The summed E-state index contributed by atoms with van der Waals surface area (Å²) in [6.07, 6.45) is 3.24. The number of methoxy groups -OCH3 is 2. The quantitative estimate of drug-likeness (QED) is 0.482. The first-order chi connectivity index (χ1) is 14.3. The third kappa shape index (κ3) is 5.45. The lowest BCUT2D eigenvalue weighted by Crippen LogP contribution is -2.19. The Morgan fingerprint density at radius 3 is 2.50 bits per heavy atom. The standard InChI is InChI=1S/C17H17BrN6O5S/c1-28-16-7-14(21-17(22-16)29-2)23-30(26,27)13-5-3-12(4-6-13)20-15(25)10-24-9-11(18)8-19-24/h3-9H,10H2,1-2H3,(H,20,25)(H,21,22,23). The summed E-state index contributed by atoms with van der Waals surface area (Å²) in [5.41, 5.74) is 0.440. The molecule has 13 heteroatoms. The van der Waals surface area contributed by atoms with Crippen molar-refractivity contribution in [3.05, 3.63) is 47.2 Å². The van der Waals surface area contributed by atoms with E-state index in [1.54, 1.807) is 12.4 Å². The highest BCUT2D eigenvalue weighted by Gasteiger charge is 2.17. The van der Waals surface area contributed by atoms with Gasteiger partial charge in [-0.15, -0.1) is 0 Å². The molecule has 0 aliphatic carbocycles. The molecule has 3 aromatic rings. The number of rotatable bonds is 8. The van der Waals surface area contributed by atoms with Gasteiger partial charge in [0, 0.05) is 18.0 Å². The van der Waals surface area contributed by atoms with E-state index in [0.717, 1.165) is 4.47 Å². The summed E-state index contributed by atoms with van der Waals surface area (Å²) in [5.74, 6) is -0.178. The van der Waals surface area contributed by atoms with Gasteiger partial charge >= 0.3 is 6.01 Å². The zero-order valence-corrected chi connectivity index (χ0v) is 18.3. The monoisotopic (exact) mass is 496 g/mol. The van der Waals surface area contributed by atoms with Gasteiger partial charge in [0.15, 0.2) is 5.82 Å². The number of sulfonamides is 1. The first kappa shape index (κ1) is 21.5. The summed E-state index contributed by atoms with van der Waals surface area (Å²) in [6.45, 7) is 0.0184. The lowest BCUT2D eigenvalue weighted by Gasteiger charge is -2.10. The number of nitrogens with one attached hydrogen (secondary N) is 2. The largest absolute Gasteiger partial charge is 0.481 e. The number of hydrogen-bond acceptors (Lipinski definition) is 8. The van der Waals surface area contributed by atoms with Crippen molar-refractivity contribution < 1.29 is 22.7 Å². The van der Waals surface area contributed by atoms with Crippen LogP contribution in [0.3, 0.4) is 0 Å². The van der Waals surface area contributed by atoms with Crippen LogP contribution in [0.25, 0.3) is 0 Å². The summed E-state index contributed by atoms with van der Waals surface area (Å²) in [4.78, 5) is 19.9. The van der Waals surface area contributed by atoms with E-state index in [2.05, 4.69) is 41.0 Å². The van der Waals surface area contributed by atoms with Crippen LogP contribution in [-0.4, -0.2) is 48.3 Å². The molecule has 1 amide bonds. The topological polar surface area (TPSA) is 137 Å². The Bertz CT molecular complexity index is 1130. The number of amides is 1. The van der Waals surface area contributed by atoms with E-state index in [9.17, 15) is 13.2 Å². The van der Waals surface area contributed by atoms with Crippen LogP contribution >= 0.6 is 15.9 Å². The molecule has 2 N–H and O–H groups in total. The van der Waals surface area contributed by atoms with E-state index in [0.29, 0.717) is 5.69 Å². The lowest BCUT2D eigenvalue weighted by molar-refractivity contribution is -0.116. The molecule has 0 atom stereocenters. The van der Waals surface area contributed by atoms with Gasteiger partial charge in [-0.1, -0.05) is 0 Å². The molecule has 0 aliphatic rings. The number of benzene rings is 1. The minimum absolute atomic E-state index is 0.0125. The minimum Gasteiger partial charge on any atom is -0.481 e. The zero-order chi connectivity index (χ0) is 21.7. The third-order valence-electron chi connectivity index (χ3n) is 3.67. The normalized spacial score (nSPS) is 11.0. The Labute approximate surface area is 180 Å². The van der Waals surface area contributed by atoms with Crippen LogP contribution in [0.5, 0.6) is 11.9 Å². The number of carbonyl (C=O) groups excluding carboxylic acids is 1. The maximum absolute atomic E-state index is 12.6. The van der Waals surface area contributed by atoms with Crippen LogP contribution in [0, 0.1) is 0 Å². The second-order valence-electron chi connectivity index (χ2n) is 5.82. The molecule has 0 unspecified atom stereocenters. The van der Waals surface area contributed by atoms with E-state index in [4.69, 9.17) is 9.47 Å². The summed E-state index contributed by atoms with van der Waals surface area (Å²) in [5, 5.41) is 6.68. The van der Waals surface area contributed by atoms with E-state index < -0.39 is 10.0 Å². The van der Waals surface area contributed by atoms with Crippen molar-refractivity contribution >= 4 is 43.4 Å². The van der Waals surface area contributed by atoms with Crippen LogP contribution < -0.4 is 19.5 Å². The SMILES string of the molecule is COc1cc(NS(=O)(=O)c2ccc(NC(=O)Cn3cc(Br)cn3)cc2)nc(OC)n1. The summed E-state index contributed by atoms with van der Waals surface area (Å²) < 4.78 is 39.7. The average Bonchev–Trinajstić information content (AvgIpc) is 3.12. The molecule has 2 heterocycles. The molecule has 1 aromatic carbocycles. The smallest absolute Gasteiger partial charge is 0.321 e. The van der Waals surface area contributed by atoms with Crippen molar-refractivity contribution in [3.8, 4) is 11.9 Å². The fourth-order valence-electron chi connectivity index (χ4n) is 2.34. The second-order valence-corrected chi connectivity index (χ2v) is 8.41. The van der Waals surface area contributed by atoms with Crippen LogP contribution in [-0.2, 0) is 21.4 Å². The molecular formula is C17H17BrN6O5S. The number of carbonyl (C=O) groups is 1. The van der Waals surface area contributed by atoms with Crippen molar-refractivity contribution in [1.82, 2.24) is 19.7 Å². The van der Waals surface area contributed by atoms with E-state index in [-0.39, 0.29) is 35.1 Å². The highest BCUT2D eigenvalue weighted by molar-refractivity contribution is 9.10. The van der Waals surface area contributed by atoms with Gasteiger partial charge in [0.05, 0.1) is 29.8 Å². The molecule has 0 saturated heterocycles. The van der Waals surface area contributed by atoms with E-state index in [1.807, 2.05) is 0 Å². The molecule has 0 saturated carbocycles. The van der Waals surface area contributed by atoms with Crippen molar-refractivity contribution in [2.45, 2.75) is 11.4 Å². The molecular weight excluding hydrogens is 480 g/mol. The Balaban J connectivity index is 1.69. The molecule has 0 bridgehead atoms. The van der Waals surface area contributed by atoms with Crippen molar-refractivity contribution in [3.63, 3.8) is 0 Å². The number of anilines is 2. The van der Waals surface area contributed by atoms with Crippen LogP contribution in [0.1, 0.15) is 0 Å². The lowest BCUT2D eigenvalue weighted by atomic mass is 10.3. The first-order valence-electron chi connectivity index (χ1n) is 8.37. The van der Waals surface area contributed by atoms with E-state index >= 15 is 0 Å². The van der Waals surface area contributed by atoms with Gasteiger partial charge in [0.2, 0.25) is 11.8 Å². The van der Waals surface area contributed by atoms with E-state index in [1.165, 1.54) is 49.2 Å². The van der Waals surface area contributed by atoms with Gasteiger partial charge in [-0.3, -0.25) is 14.2 Å². The zero-order valence-electron chi connectivity index (χ0n) is 15.9. The molecule has 0 spiro atoms. The minimum atomic E-state index is -3.94. The number of ether oxygens (including phenoxy) is 2. The predicted octanol–water partition coefficient (Wildman–Crippen LogP) is 1.89. The van der Waals surface area contributed by atoms with Gasteiger partial charge in [0.1, 0.15) is 6.54 Å². The Kier molecular flexibility index (Phi) is 6.52. The second kappa shape index (κ2) is 9.09. The average molecular weight is 497 g/mol. The fourth-order valence-corrected chi connectivity index (χ4v) is 3.66. The van der Waals surface area contributed by atoms with Crippen molar-refractivity contribution in [2.24, 2.45) is 0 Å². The molecule has 11 nitrogen and oxygen atoms in total. The van der Waals surface area contributed by atoms with Gasteiger partial charge in [-0.25, -0.2) is 8.42 Å². The van der Waals surface area contributed by atoms with Gasteiger partial charge in [-0.05, 0) is 40.2 Å². The Morgan fingerprint density at radius 1 is 1.17 bits per heavy atom. The molecule has 30 heavy (non-hydrogen) atoms. The third-order valence-corrected chi connectivity index (χ3v) is 5.45. The van der Waals surface area contributed by atoms with Gasteiger partial charge < -0.3 is 14.8 Å². The summed E-state index contributed by atoms with van der Waals surface area (Å²) in [6, 6.07) is 6.95. The molecule has 0 fully saturated rings. The first-order valence-corrected chi connectivity index (χ1v) is 10.6. The van der Waals surface area contributed by atoms with Gasteiger partial charge in [0.25, 0.3) is 10.0 Å². The number of aromatic nitrogens is 4. The highest BCUT2D eigenvalue weighted by atomic mass is 79.9. The number of hydrogen-bond donors (Lipinski definition) is 2. The highest BCUT2D eigenvalue weighted by Crippen LogP contribution is 2.21.